The van der Waals surface area contributed by atoms with Gasteiger partial charge in [-0.05, 0) is 36.4 Å². The summed E-state index contributed by atoms with van der Waals surface area (Å²) < 4.78 is 28.9. The van der Waals surface area contributed by atoms with E-state index in [1.54, 1.807) is 18.2 Å². The summed E-state index contributed by atoms with van der Waals surface area (Å²) in [5.41, 5.74) is 1.87. The lowest BCUT2D eigenvalue weighted by Gasteiger charge is -2.20. The molecule has 0 aliphatic heterocycles. The predicted octanol–water partition coefficient (Wildman–Crippen LogP) is 6.10. The number of anilines is 2. The molecule has 4 aromatic rings. The Hall–Kier alpha value is -2.46. The summed E-state index contributed by atoms with van der Waals surface area (Å²) in [7, 11) is 1.93. The smallest absolute Gasteiger partial charge is 0.141 e. The Kier molecular flexibility index (Phi) is 3.27. The Morgan fingerprint density at radius 3 is 2.17 bits per heavy atom. The molecule has 0 aliphatic rings. The van der Waals surface area contributed by atoms with Crippen LogP contribution in [0.2, 0.25) is 0 Å². The van der Waals surface area contributed by atoms with Crippen molar-refractivity contribution >= 4 is 42.9 Å². The molecule has 0 radical (unpaired) electrons. The number of nitrogens with zero attached hydrogens (tertiary/aromatic N) is 1. The van der Waals surface area contributed by atoms with Crippen LogP contribution in [0.15, 0.2) is 60.7 Å². The fourth-order valence-electron chi connectivity index (χ4n) is 2.84. The van der Waals surface area contributed by atoms with Crippen LogP contribution in [0.4, 0.5) is 20.2 Å². The molecule has 0 saturated heterocycles. The standard InChI is InChI=1S/C19H13F2NS/c1-22(13-10-8-12(20)9-11-13)17-7-3-5-15-14-4-2-6-16(21)18(14)23-19(15)17/h2-11H,1H3. The van der Waals surface area contributed by atoms with E-state index in [1.807, 2.05) is 36.2 Å². The maximum absolute atomic E-state index is 14.1. The zero-order chi connectivity index (χ0) is 16.0. The molecule has 0 N–H and O–H groups in total. The van der Waals surface area contributed by atoms with Crippen LogP contribution in [0.3, 0.4) is 0 Å². The minimum Gasteiger partial charge on any atom is -0.343 e. The van der Waals surface area contributed by atoms with Crippen molar-refractivity contribution in [3.8, 4) is 0 Å². The number of halogens is 2. The van der Waals surface area contributed by atoms with E-state index in [0.29, 0.717) is 4.70 Å². The highest BCUT2D eigenvalue weighted by Gasteiger charge is 2.14. The summed E-state index contributed by atoms with van der Waals surface area (Å²) >= 11 is 1.45. The van der Waals surface area contributed by atoms with Crippen LogP contribution in [-0.2, 0) is 0 Å². The largest absolute Gasteiger partial charge is 0.343 e. The van der Waals surface area contributed by atoms with E-state index in [9.17, 15) is 8.78 Å². The van der Waals surface area contributed by atoms with Gasteiger partial charge in [-0.2, -0.15) is 0 Å². The first-order valence-electron chi connectivity index (χ1n) is 7.24. The van der Waals surface area contributed by atoms with Gasteiger partial charge in [-0.25, -0.2) is 8.78 Å². The molecule has 0 atom stereocenters. The highest BCUT2D eigenvalue weighted by atomic mass is 32.1. The first-order chi connectivity index (χ1) is 11.1. The van der Waals surface area contributed by atoms with Gasteiger partial charge < -0.3 is 4.90 Å². The molecule has 4 heteroatoms. The highest BCUT2D eigenvalue weighted by Crippen LogP contribution is 2.41. The van der Waals surface area contributed by atoms with E-state index in [0.717, 1.165) is 26.8 Å². The van der Waals surface area contributed by atoms with Gasteiger partial charge in [-0.15, -0.1) is 11.3 Å². The zero-order valence-corrected chi connectivity index (χ0v) is 13.2. The summed E-state index contributed by atoms with van der Waals surface area (Å²) in [4.78, 5) is 2.00. The summed E-state index contributed by atoms with van der Waals surface area (Å²) in [6, 6.07) is 17.5. The van der Waals surface area contributed by atoms with Crippen molar-refractivity contribution in [2.75, 3.05) is 11.9 Å². The molecule has 23 heavy (non-hydrogen) atoms. The van der Waals surface area contributed by atoms with Crippen molar-refractivity contribution in [2.45, 2.75) is 0 Å². The van der Waals surface area contributed by atoms with Gasteiger partial charge in [0.2, 0.25) is 0 Å². The number of fused-ring (bicyclic) bond motifs is 3. The summed E-state index contributed by atoms with van der Waals surface area (Å²) in [6.07, 6.45) is 0. The molecule has 4 rings (SSSR count). The lowest BCUT2D eigenvalue weighted by atomic mass is 10.1. The van der Waals surface area contributed by atoms with Crippen molar-refractivity contribution in [3.63, 3.8) is 0 Å². The number of hydrogen-bond acceptors (Lipinski definition) is 2. The second kappa shape index (κ2) is 5.32. The average Bonchev–Trinajstić information content (AvgIpc) is 2.95. The molecule has 1 aromatic heterocycles. The van der Waals surface area contributed by atoms with Crippen LogP contribution in [0, 0.1) is 11.6 Å². The van der Waals surface area contributed by atoms with Gasteiger partial charge in [0.25, 0.3) is 0 Å². The van der Waals surface area contributed by atoms with Crippen molar-refractivity contribution in [3.05, 3.63) is 72.3 Å². The first kappa shape index (κ1) is 14.2. The van der Waals surface area contributed by atoms with E-state index in [-0.39, 0.29) is 11.6 Å². The molecule has 0 spiro atoms. The van der Waals surface area contributed by atoms with Crippen LogP contribution >= 0.6 is 11.3 Å². The molecule has 114 valence electrons. The highest BCUT2D eigenvalue weighted by molar-refractivity contribution is 7.26. The second-order valence-electron chi connectivity index (χ2n) is 5.41. The molecule has 0 saturated carbocycles. The molecule has 3 aromatic carbocycles. The van der Waals surface area contributed by atoms with Crippen LogP contribution in [-0.4, -0.2) is 7.05 Å². The fourth-order valence-corrected chi connectivity index (χ4v) is 4.09. The van der Waals surface area contributed by atoms with Gasteiger partial charge in [0.15, 0.2) is 0 Å². The quantitative estimate of drug-likeness (QED) is 0.430. The van der Waals surface area contributed by atoms with E-state index in [1.165, 1.54) is 29.5 Å². The lowest BCUT2D eigenvalue weighted by molar-refractivity contribution is 0.628. The van der Waals surface area contributed by atoms with Crippen LogP contribution in [0.25, 0.3) is 20.2 Å². The van der Waals surface area contributed by atoms with E-state index < -0.39 is 0 Å². The van der Waals surface area contributed by atoms with Crippen molar-refractivity contribution in [2.24, 2.45) is 0 Å². The third-order valence-electron chi connectivity index (χ3n) is 4.03. The van der Waals surface area contributed by atoms with Gasteiger partial charge in [-0.1, -0.05) is 24.3 Å². The molecule has 0 amide bonds. The maximum Gasteiger partial charge on any atom is 0.141 e. The maximum atomic E-state index is 14.1. The van der Waals surface area contributed by atoms with Crippen LogP contribution in [0.1, 0.15) is 0 Å². The number of hydrogen-bond donors (Lipinski definition) is 0. The Morgan fingerprint density at radius 1 is 0.783 bits per heavy atom. The molecule has 1 heterocycles. The van der Waals surface area contributed by atoms with Gasteiger partial charge >= 0.3 is 0 Å². The zero-order valence-electron chi connectivity index (χ0n) is 12.4. The van der Waals surface area contributed by atoms with Crippen molar-refractivity contribution in [1.82, 2.24) is 0 Å². The molecule has 0 unspecified atom stereocenters. The number of benzene rings is 3. The Labute approximate surface area is 136 Å². The molecule has 0 fully saturated rings. The first-order valence-corrected chi connectivity index (χ1v) is 8.06. The normalized spacial score (nSPS) is 11.3. The molecular formula is C19H13F2NS. The number of rotatable bonds is 2. The van der Waals surface area contributed by atoms with E-state index in [4.69, 9.17) is 0 Å². The topological polar surface area (TPSA) is 3.24 Å². The van der Waals surface area contributed by atoms with Crippen LogP contribution < -0.4 is 4.90 Å². The van der Waals surface area contributed by atoms with E-state index in [2.05, 4.69) is 0 Å². The lowest BCUT2D eigenvalue weighted by Crippen LogP contribution is -2.09. The van der Waals surface area contributed by atoms with Gasteiger partial charge in [-0.3, -0.25) is 0 Å². The summed E-state index contributed by atoms with van der Waals surface area (Å²) in [5, 5.41) is 1.97. The minimum absolute atomic E-state index is 0.195. The summed E-state index contributed by atoms with van der Waals surface area (Å²) in [6.45, 7) is 0. The molecule has 0 bridgehead atoms. The fraction of sp³-hybridized carbons (Fsp3) is 0.0526. The van der Waals surface area contributed by atoms with Crippen molar-refractivity contribution < 1.29 is 8.78 Å². The monoisotopic (exact) mass is 325 g/mol. The SMILES string of the molecule is CN(c1ccc(F)cc1)c1cccc2c1sc1c(F)cccc12. The third kappa shape index (κ3) is 2.26. The van der Waals surface area contributed by atoms with Crippen molar-refractivity contribution in [1.29, 1.82) is 0 Å². The van der Waals surface area contributed by atoms with Gasteiger partial charge in [0.1, 0.15) is 11.6 Å². The number of thiophene rings is 1. The van der Waals surface area contributed by atoms with Gasteiger partial charge in [0.05, 0.1) is 15.1 Å². The Morgan fingerprint density at radius 2 is 1.43 bits per heavy atom. The Balaban J connectivity index is 1.95. The molecule has 1 nitrogen and oxygen atoms in total. The average molecular weight is 325 g/mol. The second-order valence-corrected chi connectivity index (χ2v) is 6.43. The third-order valence-corrected chi connectivity index (χ3v) is 5.28. The Bertz CT molecular complexity index is 1010. The van der Waals surface area contributed by atoms with E-state index >= 15 is 0 Å². The predicted molar refractivity (Wildman–Crippen MR) is 93.8 cm³/mol. The minimum atomic E-state index is -0.260. The van der Waals surface area contributed by atoms with Gasteiger partial charge in [0, 0.05) is 23.5 Å². The summed E-state index contributed by atoms with van der Waals surface area (Å²) in [5.74, 6) is -0.455. The molecule has 0 aliphatic carbocycles. The molecular weight excluding hydrogens is 312 g/mol. The van der Waals surface area contributed by atoms with Crippen LogP contribution in [0.5, 0.6) is 0 Å².